The zero-order valence-corrected chi connectivity index (χ0v) is 17.2. The number of esters is 4. The highest BCUT2D eigenvalue weighted by molar-refractivity contribution is 6.43. The SMILES string of the molecule is N[C@@H](Cc1ccccc1)C(=O)OC(=O)C=C(Cl)C(=O)OC(=O)[C@@H](N)Cc1ccccc1. The van der Waals surface area contributed by atoms with Gasteiger partial charge in [0.1, 0.15) is 17.1 Å². The van der Waals surface area contributed by atoms with Crippen LogP contribution in [0, 0.1) is 0 Å². The molecule has 0 amide bonds. The van der Waals surface area contributed by atoms with Crippen LogP contribution >= 0.6 is 11.6 Å². The van der Waals surface area contributed by atoms with E-state index in [1.807, 2.05) is 6.07 Å². The second-order valence-corrected chi connectivity index (χ2v) is 6.94. The van der Waals surface area contributed by atoms with Crippen LogP contribution in [0.5, 0.6) is 0 Å². The van der Waals surface area contributed by atoms with Crippen LogP contribution < -0.4 is 11.5 Å². The third-order valence-electron chi connectivity index (χ3n) is 4.04. The Bertz CT molecular complexity index is 962. The van der Waals surface area contributed by atoms with Crippen molar-refractivity contribution in [3.63, 3.8) is 0 Å². The van der Waals surface area contributed by atoms with Crippen LogP contribution in [0.2, 0.25) is 0 Å². The third kappa shape index (κ3) is 8.13. The molecule has 0 saturated carbocycles. The summed E-state index contributed by atoms with van der Waals surface area (Å²) >= 11 is 5.68. The van der Waals surface area contributed by atoms with Crippen molar-refractivity contribution in [3.05, 3.63) is 82.9 Å². The molecule has 0 bridgehead atoms. The summed E-state index contributed by atoms with van der Waals surface area (Å²) in [7, 11) is 0. The first-order valence-electron chi connectivity index (χ1n) is 9.24. The minimum atomic E-state index is -1.30. The van der Waals surface area contributed by atoms with Gasteiger partial charge in [-0.2, -0.15) is 0 Å². The molecule has 0 fully saturated rings. The lowest BCUT2D eigenvalue weighted by atomic mass is 10.1. The van der Waals surface area contributed by atoms with Crippen molar-refractivity contribution in [2.75, 3.05) is 0 Å². The quantitative estimate of drug-likeness (QED) is 0.353. The molecule has 2 atom stereocenters. The first-order valence-corrected chi connectivity index (χ1v) is 9.62. The standard InChI is InChI=1S/C22H21ClN2O6/c23-16(20(27)31-22(29)18(25)12-15-9-5-2-6-10-15)13-19(26)30-21(28)17(24)11-14-7-3-1-4-8-14/h1-10,13,17-18H,11-12,24-25H2/t17-,18-/m0/s1. The van der Waals surface area contributed by atoms with Crippen LogP contribution in [0.25, 0.3) is 0 Å². The molecule has 0 saturated heterocycles. The van der Waals surface area contributed by atoms with Crippen molar-refractivity contribution in [1.29, 1.82) is 0 Å². The van der Waals surface area contributed by atoms with Gasteiger partial charge in [-0.3, -0.25) is 0 Å². The highest BCUT2D eigenvalue weighted by Gasteiger charge is 2.23. The van der Waals surface area contributed by atoms with Gasteiger partial charge >= 0.3 is 23.9 Å². The van der Waals surface area contributed by atoms with E-state index < -0.39 is 41.0 Å². The predicted octanol–water partition coefficient (Wildman–Crippen LogP) is 1.39. The fourth-order valence-corrected chi connectivity index (χ4v) is 2.61. The molecule has 0 aliphatic carbocycles. The molecule has 2 aromatic carbocycles. The Morgan fingerprint density at radius 3 is 1.65 bits per heavy atom. The normalized spacial score (nSPS) is 13.1. The summed E-state index contributed by atoms with van der Waals surface area (Å²) in [5, 5.41) is -0.755. The van der Waals surface area contributed by atoms with Gasteiger partial charge < -0.3 is 20.9 Å². The minimum Gasteiger partial charge on any atom is -0.389 e. The first-order chi connectivity index (χ1) is 14.8. The lowest BCUT2D eigenvalue weighted by Gasteiger charge is -2.10. The molecule has 0 aromatic heterocycles. The summed E-state index contributed by atoms with van der Waals surface area (Å²) in [4.78, 5) is 47.6. The van der Waals surface area contributed by atoms with Gasteiger partial charge in [-0.1, -0.05) is 72.3 Å². The Balaban J connectivity index is 1.84. The molecular formula is C22H21ClN2O6. The lowest BCUT2D eigenvalue weighted by Crippen LogP contribution is -2.36. The van der Waals surface area contributed by atoms with Crippen LogP contribution in [0.3, 0.4) is 0 Å². The molecule has 4 N–H and O–H groups in total. The molecule has 0 radical (unpaired) electrons. The summed E-state index contributed by atoms with van der Waals surface area (Å²) in [5.41, 5.74) is 13.0. The van der Waals surface area contributed by atoms with Crippen molar-refractivity contribution >= 4 is 35.5 Å². The highest BCUT2D eigenvalue weighted by Crippen LogP contribution is 2.09. The average molecular weight is 445 g/mol. The van der Waals surface area contributed by atoms with E-state index in [0.29, 0.717) is 6.08 Å². The van der Waals surface area contributed by atoms with Gasteiger partial charge in [-0.15, -0.1) is 0 Å². The van der Waals surface area contributed by atoms with Crippen molar-refractivity contribution in [2.24, 2.45) is 11.5 Å². The van der Waals surface area contributed by atoms with E-state index in [-0.39, 0.29) is 12.8 Å². The van der Waals surface area contributed by atoms with Crippen LogP contribution in [-0.4, -0.2) is 36.0 Å². The summed E-state index contributed by atoms with van der Waals surface area (Å²) in [5.74, 6) is -4.54. The van der Waals surface area contributed by atoms with Gasteiger partial charge in [-0.25, -0.2) is 19.2 Å². The minimum absolute atomic E-state index is 0.143. The molecule has 2 aromatic rings. The molecule has 0 spiro atoms. The fraction of sp³-hybridized carbons (Fsp3) is 0.182. The largest absolute Gasteiger partial charge is 0.389 e. The van der Waals surface area contributed by atoms with Crippen LogP contribution in [0.4, 0.5) is 0 Å². The van der Waals surface area contributed by atoms with Crippen LogP contribution in [0.1, 0.15) is 11.1 Å². The van der Waals surface area contributed by atoms with E-state index in [2.05, 4.69) is 9.47 Å². The van der Waals surface area contributed by atoms with E-state index in [1.165, 1.54) is 0 Å². The monoisotopic (exact) mass is 444 g/mol. The molecule has 2 rings (SSSR count). The number of halogens is 1. The number of rotatable bonds is 8. The van der Waals surface area contributed by atoms with Crippen LogP contribution in [0.15, 0.2) is 71.8 Å². The Morgan fingerprint density at radius 2 is 1.19 bits per heavy atom. The van der Waals surface area contributed by atoms with E-state index in [9.17, 15) is 19.2 Å². The second-order valence-electron chi connectivity index (χ2n) is 6.53. The van der Waals surface area contributed by atoms with Gasteiger partial charge in [0.2, 0.25) is 0 Å². The summed E-state index contributed by atoms with van der Waals surface area (Å²) in [6.45, 7) is 0. The van der Waals surface area contributed by atoms with Crippen molar-refractivity contribution in [1.82, 2.24) is 0 Å². The third-order valence-corrected chi connectivity index (χ3v) is 4.30. The van der Waals surface area contributed by atoms with E-state index in [0.717, 1.165) is 11.1 Å². The van der Waals surface area contributed by atoms with Crippen molar-refractivity contribution in [2.45, 2.75) is 24.9 Å². The maximum absolute atomic E-state index is 11.9. The topological polar surface area (TPSA) is 139 Å². The Hall–Kier alpha value is -3.33. The molecule has 162 valence electrons. The number of ether oxygens (including phenoxy) is 2. The molecule has 0 unspecified atom stereocenters. The maximum Gasteiger partial charge on any atom is 0.357 e. The summed E-state index contributed by atoms with van der Waals surface area (Å²) < 4.78 is 9.11. The van der Waals surface area contributed by atoms with Crippen LogP contribution in [-0.2, 0) is 41.5 Å². The Labute approximate surface area is 183 Å². The van der Waals surface area contributed by atoms with Gasteiger partial charge in [0.25, 0.3) is 0 Å². The fourth-order valence-electron chi connectivity index (χ4n) is 2.49. The highest BCUT2D eigenvalue weighted by atomic mass is 35.5. The Morgan fingerprint density at radius 1 is 0.774 bits per heavy atom. The average Bonchev–Trinajstić information content (AvgIpc) is 2.74. The smallest absolute Gasteiger partial charge is 0.357 e. The van der Waals surface area contributed by atoms with Gasteiger partial charge in [0, 0.05) is 6.08 Å². The zero-order chi connectivity index (χ0) is 22.8. The zero-order valence-electron chi connectivity index (χ0n) is 16.4. The molecular weight excluding hydrogens is 424 g/mol. The molecule has 31 heavy (non-hydrogen) atoms. The first kappa shape index (κ1) is 23.9. The molecule has 0 aliphatic rings. The number of hydrogen-bond acceptors (Lipinski definition) is 8. The van der Waals surface area contributed by atoms with E-state index in [4.69, 9.17) is 23.1 Å². The maximum atomic E-state index is 11.9. The number of nitrogens with two attached hydrogens (primary N) is 2. The van der Waals surface area contributed by atoms with E-state index >= 15 is 0 Å². The number of benzene rings is 2. The lowest BCUT2D eigenvalue weighted by molar-refractivity contribution is -0.160. The number of carbonyl (C=O) groups excluding carboxylic acids is 4. The van der Waals surface area contributed by atoms with Crippen molar-refractivity contribution < 1.29 is 28.7 Å². The number of carbonyl (C=O) groups is 4. The second kappa shape index (κ2) is 11.8. The molecule has 8 nitrogen and oxygen atoms in total. The number of hydrogen-bond donors (Lipinski definition) is 2. The van der Waals surface area contributed by atoms with E-state index in [1.54, 1.807) is 54.6 Å². The van der Waals surface area contributed by atoms with Gasteiger partial charge in [0.05, 0.1) is 0 Å². The Kier molecular flexibility index (Phi) is 9.08. The summed E-state index contributed by atoms with van der Waals surface area (Å²) in [6, 6.07) is 15.6. The molecule has 0 heterocycles. The predicted molar refractivity (Wildman–Crippen MR) is 112 cm³/mol. The molecule has 9 heteroatoms. The summed E-state index contributed by atoms with van der Waals surface area (Å²) in [6.07, 6.45) is 0.817. The van der Waals surface area contributed by atoms with Gasteiger partial charge in [-0.05, 0) is 24.0 Å². The molecule has 0 aliphatic heterocycles. The van der Waals surface area contributed by atoms with Gasteiger partial charge in [0.15, 0.2) is 0 Å². The van der Waals surface area contributed by atoms with Crippen molar-refractivity contribution in [3.8, 4) is 0 Å².